The Hall–Kier alpha value is -0.640. The molecule has 1 atom stereocenters. The van der Waals surface area contributed by atoms with Crippen LogP contribution in [-0.4, -0.2) is 5.11 Å². The molecule has 1 aromatic heterocycles. The van der Waals surface area contributed by atoms with Crippen LogP contribution in [0.15, 0.2) is 39.5 Å². The minimum absolute atomic E-state index is 0.701. The van der Waals surface area contributed by atoms with Crippen LogP contribution >= 0.6 is 27.3 Å². The van der Waals surface area contributed by atoms with E-state index in [1.165, 1.54) is 11.1 Å². The van der Waals surface area contributed by atoms with Gasteiger partial charge in [0.25, 0.3) is 0 Å². The lowest BCUT2D eigenvalue weighted by molar-refractivity contribution is 0.0220. The van der Waals surface area contributed by atoms with Crippen LogP contribution in [0.4, 0.5) is 0 Å². The monoisotopic (exact) mass is 308 g/mol. The summed E-state index contributed by atoms with van der Waals surface area (Å²) in [5.74, 6) is 0. The second-order valence-electron chi connectivity index (χ2n) is 4.61. The van der Waals surface area contributed by atoms with Crippen molar-refractivity contribution in [2.75, 3.05) is 0 Å². The van der Waals surface area contributed by atoms with Crippen LogP contribution in [0.25, 0.3) is 0 Å². The Balaban J connectivity index is 2.01. The molecule has 0 amide bonds. The molecule has 1 nitrogen and oxygen atoms in total. The molecule has 1 N–H and O–H groups in total. The molecule has 1 heterocycles. The van der Waals surface area contributed by atoms with Gasteiger partial charge < -0.3 is 5.11 Å². The molecular formula is C14H13BrOS. The zero-order valence-corrected chi connectivity index (χ0v) is 11.7. The zero-order valence-electron chi connectivity index (χ0n) is 9.32. The molecule has 0 spiro atoms. The third-order valence-electron chi connectivity index (χ3n) is 3.53. The van der Waals surface area contributed by atoms with E-state index in [0.29, 0.717) is 0 Å². The first-order valence-corrected chi connectivity index (χ1v) is 7.44. The van der Waals surface area contributed by atoms with Gasteiger partial charge in [0.1, 0.15) is 0 Å². The summed E-state index contributed by atoms with van der Waals surface area (Å²) in [6, 6.07) is 8.41. The van der Waals surface area contributed by atoms with E-state index in [0.717, 1.165) is 29.3 Å². The molecule has 0 fully saturated rings. The molecule has 1 unspecified atom stereocenters. The second kappa shape index (κ2) is 4.23. The molecule has 0 saturated heterocycles. The molecule has 1 aliphatic rings. The van der Waals surface area contributed by atoms with Crippen molar-refractivity contribution < 1.29 is 5.11 Å². The van der Waals surface area contributed by atoms with Crippen molar-refractivity contribution in [3.05, 3.63) is 56.2 Å². The van der Waals surface area contributed by atoms with Crippen molar-refractivity contribution in [1.29, 1.82) is 0 Å². The van der Waals surface area contributed by atoms with E-state index < -0.39 is 5.60 Å². The van der Waals surface area contributed by atoms with Gasteiger partial charge in [-0.15, -0.1) is 0 Å². The molecule has 1 aromatic carbocycles. The van der Waals surface area contributed by atoms with Crippen LogP contribution in [0.2, 0.25) is 0 Å². The maximum atomic E-state index is 10.8. The first-order valence-electron chi connectivity index (χ1n) is 5.70. The summed E-state index contributed by atoms with van der Waals surface area (Å²) in [7, 11) is 0. The summed E-state index contributed by atoms with van der Waals surface area (Å²) in [5.41, 5.74) is 2.99. The summed E-state index contributed by atoms with van der Waals surface area (Å²) in [5, 5.41) is 14.9. The average Bonchev–Trinajstić information content (AvgIpc) is 2.76. The Morgan fingerprint density at radius 1 is 1.18 bits per heavy atom. The molecule has 17 heavy (non-hydrogen) atoms. The van der Waals surface area contributed by atoms with Crippen LogP contribution < -0.4 is 0 Å². The Labute approximate surface area is 113 Å². The molecule has 0 bridgehead atoms. The lowest BCUT2D eigenvalue weighted by atomic mass is 9.77. The summed E-state index contributed by atoms with van der Waals surface area (Å²) < 4.78 is 1.03. The van der Waals surface area contributed by atoms with E-state index in [9.17, 15) is 5.11 Å². The van der Waals surface area contributed by atoms with Gasteiger partial charge >= 0.3 is 0 Å². The Bertz CT molecular complexity index is 549. The first kappa shape index (κ1) is 11.5. The third kappa shape index (κ3) is 1.96. The van der Waals surface area contributed by atoms with Crippen LogP contribution in [0.5, 0.6) is 0 Å². The molecule has 0 aliphatic heterocycles. The smallest absolute Gasteiger partial charge is 0.0958 e. The first-order chi connectivity index (χ1) is 8.19. The minimum atomic E-state index is -0.701. The van der Waals surface area contributed by atoms with Gasteiger partial charge in [0.05, 0.1) is 5.60 Å². The van der Waals surface area contributed by atoms with E-state index in [1.807, 2.05) is 11.4 Å². The summed E-state index contributed by atoms with van der Waals surface area (Å²) in [6.07, 6.45) is 2.48. The van der Waals surface area contributed by atoms with Gasteiger partial charge in [-0.2, -0.15) is 11.3 Å². The van der Waals surface area contributed by atoms with Crippen LogP contribution in [0.1, 0.15) is 23.1 Å². The number of halogens is 1. The lowest BCUT2D eigenvalue weighted by Gasteiger charge is -2.33. The van der Waals surface area contributed by atoms with Crippen LogP contribution in [0.3, 0.4) is 0 Å². The number of aliphatic hydroxyl groups is 1. The Morgan fingerprint density at radius 3 is 2.65 bits per heavy atom. The van der Waals surface area contributed by atoms with Crippen molar-refractivity contribution in [1.82, 2.24) is 0 Å². The highest BCUT2D eigenvalue weighted by atomic mass is 79.9. The topological polar surface area (TPSA) is 20.2 Å². The van der Waals surface area contributed by atoms with Crippen molar-refractivity contribution in [3.8, 4) is 0 Å². The van der Waals surface area contributed by atoms with Crippen LogP contribution in [0, 0.1) is 0 Å². The van der Waals surface area contributed by atoms with Gasteiger partial charge in [-0.25, -0.2) is 0 Å². The molecule has 0 radical (unpaired) electrons. The van der Waals surface area contributed by atoms with Crippen LogP contribution in [-0.2, 0) is 18.4 Å². The number of aryl methyl sites for hydroxylation is 1. The van der Waals surface area contributed by atoms with Crippen molar-refractivity contribution >= 4 is 27.3 Å². The molecule has 0 saturated carbocycles. The maximum Gasteiger partial charge on any atom is 0.0958 e. The number of thiophene rings is 1. The molecule has 1 aliphatic carbocycles. The highest BCUT2D eigenvalue weighted by Gasteiger charge is 2.35. The quantitative estimate of drug-likeness (QED) is 0.847. The minimum Gasteiger partial charge on any atom is -0.385 e. The van der Waals surface area contributed by atoms with Gasteiger partial charge in [-0.05, 0) is 45.3 Å². The molecule has 3 heteroatoms. The van der Waals surface area contributed by atoms with Crippen molar-refractivity contribution in [2.45, 2.75) is 24.9 Å². The van der Waals surface area contributed by atoms with Crippen molar-refractivity contribution in [3.63, 3.8) is 0 Å². The second-order valence-corrected chi connectivity index (χ2v) is 6.21. The molecule has 88 valence electrons. The number of hydrogen-bond donors (Lipinski definition) is 1. The number of hydrogen-bond acceptors (Lipinski definition) is 2. The fourth-order valence-electron chi connectivity index (χ4n) is 2.56. The predicted molar refractivity (Wildman–Crippen MR) is 74.4 cm³/mol. The zero-order chi connectivity index (χ0) is 11.9. The van der Waals surface area contributed by atoms with Gasteiger partial charge in [-0.3, -0.25) is 0 Å². The third-order valence-corrected chi connectivity index (χ3v) is 5.23. The highest BCUT2D eigenvalue weighted by molar-refractivity contribution is 9.10. The van der Waals surface area contributed by atoms with Gasteiger partial charge in [0.2, 0.25) is 0 Å². The van der Waals surface area contributed by atoms with E-state index in [4.69, 9.17) is 0 Å². The Morgan fingerprint density at radius 2 is 1.94 bits per heavy atom. The number of fused-ring (bicyclic) bond motifs is 1. The standard InChI is InChI=1S/C14H13BrOS/c15-13-9-17-8-12(13)14(16)6-5-10-3-1-2-4-11(10)7-14/h1-4,8-9,16H,5-7H2. The predicted octanol–water partition coefficient (Wildman–Crippen LogP) is 3.89. The highest BCUT2D eigenvalue weighted by Crippen LogP contribution is 2.40. The summed E-state index contributed by atoms with van der Waals surface area (Å²) in [4.78, 5) is 0. The average molecular weight is 309 g/mol. The van der Waals surface area contributed by atoms with E-state index in [2.05, 4.69) is 39.5 Å². The fraction of sp³-hybridized carbons (Fsp3) is 0.286. The largest absolute Gasteiger partial charge is 0.385 e. The molecule has 3 rings (SSSR count). The van der Waals surface area contributed by atoms with E-state index in [1.54, 1.807) is 11.3 Å². The molecule has 2 aromatic rings. The normalized spacial score (nSPS) is 23.4. The SMILES string of the molecule is OC1(c2cscc2Br)CCc2ccccc2C1. The summed E-state index contributed by atoms with van der Waals surface area (Å²) >= 11 is 5.16. The summed E-state index contributed by atoms with van der Waals surface area (Å²) in [6.45, 7) is 0. The van der Waals surface area contributed by atoms with Gasteiger partial charge in [0, 0.05) is 21.8 Å². The molecular weight excluding hydrogens is 296 g/mol. The number of rotatable bonds is 1. The van der Waals surface area contributed by atoms with Gasteiger partial charge in [-0.1, -0.05) is 24.3 Å². The van der Waals surface area contributed by atoms with E-state index in [-0.39, 0.29) is 0 Å². The fourth-order valence-corrected chi connectivity index (χ4v) is 4.32. The Kier molecular flexibility index (Phi) is 2.85. The van der Waals surface area contributed by atoms with Crippen molar-refractivity contribution in [2.24, 2.45) is 0 Å². The number of benzene rings is 1. The van der Waals surface area contributed by atoms with E-state index >= 15 is 0 Å². The van der Waals surface area contributed by atoms with Gasteiger partial charge in [0.15, 0.2) is 0 Å². The lowest BCUT2D eigenvalue weighted by Crippen LogP contribution is -2.32. The maximum absolute atomic E-state index is 10.8.